The summed E-state index contributed by atoms with van der Waals surface area (Å²) in [6.07, 6.45) is 0.427. The number of hydrogen-bond acceptors (Lipinski definition) is 8. The second-order valence-corrected chi connectivity index (χ2v) is 6.46. The molecule has 8 heteroatoms. The topological polar surface area (TPSA) is 92.9 Å². The maximum atomic E-state index is 11.9. The molecule has 0 saturated carbocycles. The Hall–Kier alpha value is -3.55. The zero-order valence-corrected chi connectivity index (χ0v) is 17.2. The molecule has 0 atom stereocenters. The largest absolute Gasteiger partial charge is 0.493 e. The van der Waals surface area contributed by atoms with E-state index in [-0.39, 0.29) is 25.4 Å². The van der Waals surface area contributed by atoms with E-state index in [1.165, 1.54) is 0 Å². The van der Waals surface area contributed by atoms with Gasteiger partial charge in [0.2, 0.25) is 11.7 Å². The monoisotopic (exact) mass is 412 g/mol. The van der Waals surface area contributed by atoms with Crippen LogP contribution in [0.3, 0.4) is 0 Å². The van der Waals surface area contributed by atoms with Crippen molar-refractivity contribution in [3.05, 3.63) is 53.9 Å². The number of nitrogens with zero attached hydrogens (tertiary/aromatic N) is 2. The molecular formula is C22H24N2O6. The molecule has 0 aliphatic carbocycles. The maximum absolute atomic E-state index is 11.9. The number of aromatic nitrogens is 2. The summed E-state index contributed by atoms with van der Waals surface area (Å²) in [6.45, 7) is 2.47. The van der Waals surface area contributed by atoms with E-state index in [1.54, 1.807) is 32.4 Å². The molecule has 1 aromatic heterocycles. The Morgan fingerprint density at radius 2 is 1.77 bits per heavy atom. The van der Waals surface area contributed by atoms with Crippen LogP contribution in [0.25, 0.3) is 11.4 Å². The van der Waals surface area contributed by atoms with Crippen molar-refractivity contribution in [1.29, 1.82) is 0 Å². The van der Waals surface area contributed by atoms with Crippen LogP contribution in [0.15, 0.2) is 47.0 Å². The summed E-state index contributed by atoms with van der Waals surface area (Å²) < 4.78 is 26.4. The van der Waals surface area contributed by atoms with E-state index in [2.05, 4.69) is 10.1 Å². The van der Waals surface area contributed by atoms with Gasteiger partial charge in [-0.05, 0) is 37.3 Å². The van der Waals surface area contributed by atoms with Gasteiger partial charge in [-0.15, -0.1) is 0 Å². The molecule has 0 spiro atoms. The average Bonchev–Trinajstić information content (AvgIpc) is 3.25. The molecule has 0 amide bonds. The Morgan fingerprint density at radius 3 is 2.50 bits per heavy atom. The second kappa shape index (κ2) is 10.3. The fourth-order valence-electron chi connectivity index (χ4n) is 2.68. The number of hydrogen-bond donors (Lipinski definition) is 0. The van der Waals surface area contributed by atoms with Crippen molar-refractivity contribution in [2.24, 2.45) is 0 Å². The fourth-order valence-corrected chi connectivity index (χ4v) is 2.68. The highest BCUT2D eigenvalue weighted by Crippen LogP contribution is 2.31. The molecule has 3 rings (SSSR count). The summed E-state index contributed by atoms with van der Waals surface area (Å²) in [6, 6.07) is 13.0. The Balaban J connectivity index is 1.43. The van der Waals surface area contributed by atoms with Crippen LogP contribution in [0.4, 0.5) is 0 Å². The lowest BCUT2D eigenvalue weighted by Gasteiger charge is -2.07. The predicted octanol–water partition coefficient (Wildman–Crippen LogP) is 3.62. The lowest BCUT2D eigenvalue weighted by atomic mass is 10.2. The Kier molecular flexibility index (Phi) is 7.26. The van der Waals surface area contributed by atoms with Gasteiger partial charge in [0, 0.05) is 12.0 Å². The third-order valence-electron chi connectivity index (χ3n) is 4.29. The molecule has 0 aliphatic rings. The van der Waals surface area contributed by atoms with Crippen LogP contribution in [-0.4, -0.2) is 43.5 Å². The number of aryl methyl sites for hydroxylation is 2. The van der Waals surface area contributed by atoms with E-state index in [9.17, 15) is 4.79 Å². The molecule has 2 aromatic carbocycles. The van der Waals surface area contributed by atoms with Gasteiger partial charge in [0.05, 0.1) is 20.6 Å². The van der Waals surface area contributed by atoms with Gasteiger partial charge >= 0.3 is 5.97 Å². The molecule has 0 unspecified atom stereocenters. The summed E-state index contributed by atoms with van der Waals surface area (Å²) in [7, 11) is 3.12. The number of carbonyl (C=O) groups is 1. The molecule has 0 fully saturated rings. The van der Waals surface area contributed by atoms with Crippen LogP contribution >= 0.6 is 0 Å². The minimum atomic E-state index is -0.353. The molecular weight excluding hydrogens is 388 g/mol. The van der Waals surface area contributed by atoms with Crippen molar-refractivity contribution < 1.29 is 28.3 Å². The van der Waals surface area contributed by atoms with Crippen LogP contribution in [0, 0.1) is 6.92 Å². The van der Waals surface area contributed by atoms with E-state index < -0.39 is 0 Å². The SMILES string of the molecule is COc1ccc(-c2noc(CCC(=O)OCCOc3ccc(C)cc3)n2)cc1OC. The fraction of sp³-hybridized carbons (Fsp3) is 0.318. The predicted molar refractivity (Wildman–Crippen MR) is 109 cm³/mol. The van der Waals surface area contributed by atoms with Crippen LogP contribution in [-0.2, 0) is 16.0 Å². The zero-order chi connectivity index (χ0) is 21.3. The molecule has 0 saturated heterocycles. The minimum absolute atomic E-state index is 0.137. The van der Waals surface area contributed by atoms with Crippen molar-refractivity contribution in [2.75, 3.05) is 27.4 Å². The molecule has 3 aromatic rings. The first-order valence-corrected chi connectivity index (χ1v) is 9.49. The van der Waals surface area contributed by atoms with E-state index in [0.29, 0.717) is 29.8 Å². The third kappa shape index (κ3) is 5.73. The van der Waals surface area contributed by atoms with E-state index >= 15 is 0 Å². The maximum Gasteiger partial charge on any atom is 0.306 e. The first-order chi connectivity index (χ1) is 14.6. The molecule has 158 valence electrons. The average molecular weight is 412 g/mol. The number of rotatable bonds is 10. The summed E-state index contributed by atoms with van der Waals surface area (Å²) >= 11 is 0. The molecule has 0 N–H and O–H groups in total. The molecule has 8 nitrogen and oxygen atoms in total. The van der Waals surface area contributed by atoms with Crippen molar-refractivity contribution in [1.82, 2.24) is 10.1 Å². The summed E-state index contributed by atoms with van der Waals surface area (Å²) in [5.74, 6) is 2.33. The van der Waals surface area contributed by atoms with Gasteiger partial charge in [0.15, 0.2) is 11.5 Å². The van der Waals surface area contributed by atoms with Gasteiger partial charge in [-0.1, -0.05) is 22.9 Å². The lowest BCUT2D eigenvalue weighted by molar-refractivity contribution is -0.144. The zero-order valence-electron chi connectivity index (χ0n) is 17.2. The normalized spacial score (nSPS) is 10.5. The quantitative estimate of drug-likeness (QED) is 0.368. The van der Waals surface area contributed by atoms with Crippen LogP contribution in [0.1, 0.15) is 17.9 Å². The number of esters is 1. The summed E-state index contributed by atoms with van der Waals surface area (Å²) in [5, 5.41) is 3.96. The van der Waals surface area contributed by atoms with Gasteiger partial charge in [0.25, 0.3) is 0 Å². The highest BCUT2D eigenvalue weighted by atomic mass is 16.6. The van der Waals surface area contributed by atoms with Gasteiger partial charge in [-0.25, -0.2) is 0 Å². The van der Waals surface area contributed by atoms with Crippen molar-refractivity contribution in [2.45, 2.75) is 19.8 Å². The standard InChI is InChI=1S/C22H24N2O6/c1-15-4-7-17(8-5-15)28-12-13-29-21(25)11-10-20-23-22(24-30-20)16-6-9-18(26-2)19(14-16)27-3/h4-9,14H,10-13H2,1-3H3. The highest BCUT2D eigenvalue weighted by molar-refractivity contribution is 5.69. The molecule has 30 heavy (non-hydrogen) atoms. The first-order valence-electron chi connectivity index (χ1n) is 9.49. The van der Waals surface area contributed by atoms with Crippen LogP contribution in [0.5, 0.6) is 17.2 Å². The van der Waals surface area contributed by atoms with Gasteiger partial charge in [-0.3, -0.25) is 4.79 Å². The van der Waals surface area contributed by atoms with E-state index in [1.807, 2.05) is 31.2 Å². The third-order valence-corrected chi connectivity index (χ3v) is 4.29. The number of benzene rings is 2. The number of methoxy groups -OCH3 is 2. The number of carbonyl (C=O) groups excluding carboxylic acids is 1. The summed E-state index contributed by atoms with van der Waals surface area (Å²) in [5.41, 5.74) is 1.88. The van der Waals surface area contributed by atoms with Crippen molar-refractivity contribution in [3.8, 4) is 28.6 Å². The van der Waals surface area contributed by atoms with Crippen LogP contribution in [0.2, 0.25) is 0 Å². The second-order valence-electron chi connectivity index (χ2n) is 6.46. The van der Waals surface area contributed by atoms with Gasteiger partial charge in [-0.2, -0.15) is 4.98 Å². The molecule has 1 heterocycles. The van der Waals surface area contributed by atoms with Gasteiger partial charge in [0.1, 0.15) is 19.0 Å². The number of ether oxygens (including phenoxy) is 4. The Labute approximate surface area is 174 Å². The lowest BCUT2D eigenvalue weighted by Crippen LogP contribution is -2.12. The van der Waals surface area contributed by atoms with Gasteiger partial charge < -0.3 is 23.5 Å². The molecule has 0 aliphatic heterocycles. The van der Waals surface area contributed by atoms with E-state index in [0.717, 1.165) is 16.9 Å². The Morgan fingerprint density at radius 1 is 1.00 bits per heavy atom. The highest BCUT2D eigenvalue weighted by Gasteiger charge is 2.13. The first kappa shape index (κ1) is 21.2. The molecule has 0 bridgehead atoms. The minimum Gasteiger partial charge on any atom is -0.493 e. The summed E-state index contributed by atoms with van der Waals surface area (Å²) in [4.78, 5) is 16.2. The van der Waals surface area contributed by atoms with Crippen molar-refractivity contribution >= 4 is 5.97 Å². The van der Waals surface area contributed by atoms with E-state index in [4.69, 9.17) is 23.5 Å². The smallest absolute Gasteiger partial charge is 0.306 e. The van der Waals surface area contributed by atoms with Crippen molar-refractivity contribution in [3.63, 3.8) is 0 Å². The Bertz CT molecular complexity index is 968. The molecule has 0 radical (unpaired) electrons. The van der Waals surface area contributed by atoms with Crippen LogP contribution < -0.4 is 14.2 Å².